The third kappa shape index (κ3) is 13.9. The van der Waals surface area contributed by atoms with Crippen LogP contribution in [-0.4, -0.2) is 44.8 Å². The van der Waals surface area contributed by atoms with Crippen molar-refractivity contribution in [3.05, 3.63) is 0 Å². The first kappa shape index (κ1) is 18.7. The number of carbonyl (C=O) groups is 1. The Balaban J connectivity index is 3.05. The molecule has 0 heterocycles. The molecule has 0 aliphatic carbocycles. The van der Waals surface area contributed by atoms with Gasteiger partial charge in [-0.3, -0.25) is 4.79 Å². The van der Waals surface area contributed by atoms with Gasteiger partial charge in [-0.25, -0.2) is 0 Å². The minimum absolute atomic E-state index is 0.0298. The van der Waals surface area contributed by atoms with Gasteiger partial charge in [0.1, 0.15) is 0 Å². The van der Waals surface area contributed by atoms with Crippen molar-refractivity contribution in [3.8, 4) is 0 Å². The fraction of sp³-hybridized carbons (Fsp3) is 0.929. The van der Waals surface area contributed by atoms with Gasteiger partial charge in [-0.2, -0.15) is 0 Å². The summed E-state index contributed by atoms with van der Waals surface area (Å²) in [5.41, 5.74) is 0. The Bertz CT molecular complexity index is 213. The predicted molar refractivity (Wildman–Crippen MR) is 78.7 cm³/mol. The third-order valence-corrected chi connectivity index (χ3v) is 2.88. The van der Waals surface area contributed by atoms with Crippen molar-refractivity contribution in [2.45, 2.75) is 39.5 Å². The highest BCUT2D eigenvalue weighted by atomic mass is 35.5. The smallest absolute Gasteiger partial charge is 0.222 e. The Labute approximate surface area is 122 Å². The Morgan fingerprint density at radius 3 is 2.26 bits per heavy atom. The maximum atomic E-state index is 11.2. The topological polar surface area (TPSA) is 47.6 Å². The first-order valence-electron chi connectivity index (χ1n) is 7.17. The van der Waals surface area contributed by atoms with Crippen molar-refractivity contribution in [1.29, 1.82) is 0 Å². The second-order valence-corrected chi connectivity index (χ2v) is 5.15. The molecule has 5 heteroatoms. The van der Waals surface area contributed by atoms with Gasteiger partial charge in [0.15, 0.2) is 0 Å². The summed E-state index contributed by atoms with van der Waals surface area (Å²) in [6.07, 6.45) is 4.53. The van der Waals surface area contributed by atoms with Crippen LogP contribution in [0.2, 0.25) is 0 Å². The lowest BCUT2D eigenvalue weighted by molar-refractivity contribution is -0.124. The van der Waals surface area contributed by atoms with Crippen molar-refractivity contribution in [3.63, 3.8) is 0 Å². The molecule has 0 saturated heterocycles. The molecule has 0 spiro atoms. The average Bonchev–Trinajstić information content (AvgIpc) is 2.39. The number of ether oxygens (including phenoxy) is 2. The number of unbranched alkanes of at least 4 members (excludes halogenated alkanes) is 3. The van der Waals surface area contributed by atoms with E-state index in [9.17, 15) is 4.79 Å². The van der Waals surface area contributed by atoms with E-state index in [-0.39, 0.29) is 11.8 Å². The van der Waals surface area contributed by atoms with Crippen molar-refractivity contribution in [2.75, 3.05) is 38.9 Å². The molecule has 0 aromatic rings. The van der Waals surface area contributed by atoms with E-state index in [0.29, 0.717) is 26.4 Å². The highest BCUT2D eigenvalue weighted by molar-refractivity contribution is 6.17. The average molecular weight is 294 g/mol. The Morgan fingerprint density at radius 1 is 1.00 bits per heavy atom. The van der Waals surface area contributed by atoms with Crippen LogP contribution in [0, 0.1) is 5.92 Å². The molecule has 0 aromatic heterocycles. The number of hydrogen-bond donors (Lipinski definition) is 1. The second kappa shape index (κ2) is 14.1. The first-order chi connectivity index (χ1) is 9.18. The molecule has 0 rings (SSSR count). The molecule has 114 valence electrons. The molecule has 0 aliphatic rings. The van der Waals surface area contributed by atoms with Gasteiger partial charge in [0.05, 0.1) is 19.8 Å². The van der Waals surface area contributed by atoms with Crippen LogP contribution in [-0.2, 0) is 14.3 Å². The number of rotatable bonds is 13. The summed E-state index contributed by atoms with van der Waals surface area (Å²) in [6.45, 7) is 6.84. The number of hydrogen-bond acceptors (Lipinski definition) is 3. The summed E-state index contributed by atoms with van der Waals surface area (Å²) in [5.74, 6) is 0.848. The Morgan fingerprint density at radius 2 is 1.63 bits per heavy atom. The standard InChI is InChI=1S/C14H28ClNO3/c1-13(2)14(17)16-8-10-19-12-11-18-9-6-4-3-5-7-15/h13H,3-12H2,1-2H3,(H,16,17). The van der Waals surface area contributed by atoms with E-state index in [1.54, 1.807) is 0 Å². The summed E-state index contributed by atoms with van der Waals surface area (Å²) >= 11 is 5.59. The van der Waals surface area contributed by atoms with E-state index in [0.717, 1.165) is 25.3 Å². The van der Waals surface area contributed by atoms with E-state index in [1.165, 1.54) is 12.8 Å². The number of nitrogens with one attached hydrogen (secondary N) is 1. The van der Waals surface area contributed by atoms with Crippen LogP contribution in [0.25, 0.3) is 0 Å². The Kier molecular flexibility index (Phi) is 13.9. The van der Waals surface area contributed by atoms with Crippen LogP contribution >= 0.6 is 11.6 Å². The Hall–Kier alpha value is -0.320. The maximum Gasteiger partial charge on any atom is 0.222 e. The van der Waals surface area contributed by atoms with Crippen molar-refractivity contribution < 1.29 is 14.3 Å². The van der Waals surface area contributed by atoms with Crippen LogP contribution in [0.3, 0.4) is 0 Å². The normalized spacial score (nSPS) is 10.9. The molecule has 0 aliphatic heterocycles. The summed E-state index contributed by atoms with van der Waals surface area (Å²) in [7, 11) is 0. The predicted octanol–water partition coefficient (Wildman–Crippen LogP) is 2.59. The summed E-state index contributed by atoms with van der Waals surface area (Å²) < 4.78 is 10.8. The van der Waals surface area contributed by atoms with E-state index in [1.807, 2.05) is 13.8 Å². The molecule has 1 amide bonds. The highest BCUT2D eigenvalue weighted by Crippen LogP contribution is 2.00. The van der Waals surface area contributed by atoms with Gasteiger partial charge in [0.25, 0.3) is 0 Å². The zero-order valence-electron chi connectivity index (χ0n) is 12.3. The minimum atomic E-state index is 0.0298. The quantitative estimate of drug-likeness (QED) is 0.419. The van der Waals surface area contributed by atoms with Crippen molar-refractivity contribution in [2.24, 2.45) is 5.92 Å². The van der Waals surface area contributed by atoms with Gasteiger partial charge in [-0.1, -0.05) is 26.7 Å². The largest absolute Gasteiger partial charge is 0.379 e. The highest BCUT2D eigenvalue weighted by Gasteiger charge is 2.04. The fourth-order valence-electron chi connectivity index (χ4n) is 1.42. The summed E-state index contributed by atoms with van der Waals surface area (Å²) in [4.78, 5) is 11.2. The lowest BCUT2D eigenvalue weighted by Gasteiger charge is -2.08. The molecule has 4 nitrogen and oxygen atoms in total. The zero-order chi connectivity index (χ0) is 14.3. The molecule has 0 atom stereocenters. The molecule has 0 unspecified atom stereocenters. The number of alkyl halides is 1. The van der Waals surface area contributed by atoms with Crippen molar-refractivity contribution >= 4 is 17.5 Å². The molecule has 1 N–H and O–H groups in total. The van der Waals surface area contributed by atoms with E-state index >= 15 is 0 Å². The lowest BCUT2D eigenvalue weighted by Crippen LogP contribution is -2.31. The van der Waals surface area contributed by atoms with Crippen LogP contribution < -0.4 is 5.32 Å². The van der Waals surface area contributed by atoms with Crippen LogP contribution in [0.4, 0.5) is 0 Å². The number of halogens is 1. The lowest BCUT2D eigenvalue weighted by atomic mass is 10.2. The van der Waals surface area contributed by atoms with Crippen molar-refractivity contribution in [1.82, 2.24) is 5.32 Å². The molecule has 19 heavy (non-hydrogen) atoms. The minimum Gasteiger partial charge on any atom is -0.379 e. The first-order valence-corrected chi connectivity index (χ1v) is 7.71. The molecule has 0 aromatic carbocycles. The molecule has 0 radical (unpaired) electrons. The van der Waals surface area contributed by atoms with Crippen LogP contribution in [0.15, 0.2) is 0 Å². The van der Waals surface area contributed by atoms with Gasteiger partial charge >= 0.3 is 0 Å². The van der Waals surface area contributed by atoms with E-state index < -0.39 is 0 Å². The summed E-state index contributed by atoms with van der Waals surface area (Å²) in [5, 5.41) is 2.80. The SMILES string of the molecule is CC(C)C(=O)NCCOCCOCCCCCCCl. The van der Waals surface area contributed by atoms with Gasteiger partial charge in [0.2, 0.25) is 5.91 Å². The summed E-state index contributed by atoms with van der Waals surface area (Å²) in [6, 6.07) is 0. The number of carbonyl (C=O) groups excluding carboxylic acids is 1. The van der Waals surface area contributed by atoms with Gasteiger partial charge < -0.3 is 14.8 Å². The van der Waals surface area contributed by atoms with Crippen LogP contribution in [0.1, 0.15) is 39.5 Å². The zero-order valence-corrected chi connectivity index (χ0v) is 13.0. The molecule has 0 fully saturated rings. The van der Waals surface area contributed by atoms with E-state index in [4.69, 9.17) is 21.1 Å². The monoisotopic (exact) mass is 293 g/mol. The molecule has 0 saturated carbocycles. The van der Waals surface area contributed by atoms with Gasteiger partial charge in [0, 0.05) is 24.9 Å². The van der Waals surface area contributed by atoms with Crippen LogP contribution in [0.5, 0.6) is 0 Å². The second-order valence-electron chi connectivity index (χ2n) is 4.77. The number of amides is 1. The van der Waals surface area contributed by atoms with Gasteiger partial charge in [-0.05, 0) is 12.8 Å². The molecule has 0 bridgehead atoms. The maximum absolute atomic E-state index is 11.2. The van der Waals surface area contributed by atoms with Gasteiger partial charge in [-0.15, -0.1) is 11.6 Å². The third-order valence-electron chi connectivity index (χ3n) is 2.61. The van der Waals surface area contributed by atoms with E-state index in [2.05, 4.69) is 5.32 Å². The molecular formula is C14H28ClNO3. The fourth-order valence-corrected chi connectivity index (χ4v) is 1.61. The molecular weight excluding hydrogens is 266 g/mol.